The minimum Gasteiger partial charge on any atom is -0.370 e. The van der Waals surface area contributed by atoms with Crippen molar-refractivity contribution in [1.29, 1.82) is 0 Å². The first kappa shape index (κ1) is 15.0. The van der Waals surface area contributed by atoms with Crippen LogP contribution in [0.3, 0.4) is 0 Å². The smallest absolute Gasteiger partial charge is 0.175 e. The van der Waals surface area contributed by atoms with Crippen LogP contribution >= 0.6 is 0 Å². The standard InChI is InChI=1S/C17H19N5O/c1-12-10-17(22-23-12)21-16-11-15(19-13(2)20-16)18-9-8-14-6-4-3-5-7-14/h3-7,10-11H,8-9H2,1-2H3,(H2,18,19,20,21,22). The summed E-state index contributed by atoms with van der Waals surface area (Å²) in [7, 11) is 0. The summed E-state index contributed by atoms with van der Waals surface area (Å²) >= 11 is 0. The van der Waals surface area contributed by atoms with Gasteiger partial charge in [0, 0.05) is 18.7 Å². The van der Waals surface area contributed by atoms with Crippen molar-refractivity contribution in [3.05, 3.63) is 59.6 Å². The van der Waals surface area contributed by atoms with E-state index in [0.29, 0.717) is 17.5 Å². The maximum atomic E-state index is 5.04. The summed E-state index contributed by atoms with van der Waals surface area (Å²) in [6.45, 7) is 4.52. The van der Waals surface area contributed by atoms with Gasteiger partial charge in [0.15, 0.2) is 5.82 Å². The zero-order chi connectivity index (χ0) is 16.1. The Morgan fingerprint density at radius 1 is 0.957 bits per heavy atom. The number of rotatable bonds is 6. The molecule has 0 aliphatic heterocycles. The molecule has 0 saturated heterocycles. The first-order valence-electron chi connectivity index (χ1n) is 7.53. The van der Waals surface area contributed by atoms with Gasteiger partial charge in [-0.25, -0.2) is 9.97 Å². The fourth-order valence-corrected chi connectivity index (χ4v) is 2.26. The van der Waals surface area contributed by atoms with Crippen LogP contribution in [0.2, 0.25) is 0 Å². The highest BCUT2D eigenvalue weighted by molar-refractivity contribution is 5.55. The second kappa shape index (κ2) is 6.91. The van der Waals surface area contributed by atoms with Crippen molar-refractivity contribution >= 4 is 17.5 Å². The minimum atomic E-state index is 0.635. The normalized spacial score (nSPS) is 10.5. The summed E-state index contributed by atoms with van der Waals surface area (Å²) in [5.74, 6) is 3.55. The molecule has 23 heavy (non-hydrogen) atoms. The van der Waals surface area contributed by atoms with Crippen molar-refractivity contribution in [2.24, 2.45) is 0 Å². The molecule has 2 N–H and O–H groups in total. The van der Waals surface area contributed by atoms with Gasteiger partial charge in [-0.1, -0.05) is 35.5 Å². The quantitative estimate of drug-likeness (QED) is 0.726. The van der Waals surface area contributed by atoms with Crippen molar-refractivity contribution in [2.75, 3.05) is 17.2 Å². The fourth-order valence-electron chi connectivity index (χ4n) is 2.26. The molecule has 2 heterocycles. The SMILES string of the molecule is Cc1nc(NCCc2ccccc2)cc(Nc2cc(C)on2)n1. The summed E-state index contributed by atoms with van der Waals surface area (Å²) < 4.78 is 5.04. The summed E-state index contributed by atoms with van der Waals surface area (Å²) in [6, 6.07) is 14.0. The van der Waals surface area contributed by atoms with Crippen LogP contribution in [0.25, 0.3) is 0 Å². The van der Waals surface area contributed by atoms with E-state index in [4.69, 9.17) is 4.52 Å². The van der Waals surface area contributed by atoms with Crippen LogP contribution < -0.4 is 10.6 Å². The number of hydrogen-bond donors (Lipinski definition) is 2. The number of aromatic nitrogens is 3. The lowest BCUT2D eigenvalue weighted by molar-refractivity contribution is 0.400. The van der Waals surface area contributed by atoms with Gasteiger partial charge < -0.3 is 15.2 Å². The van der Waals surface area contributed by atoms with Gasteiger partial charge in [0.1, 0.15) is 23.2 Å². The molecule has 1 aromatic carbocycles. The predicted molar refractivity (Wildman–Crippen MR) is 89.9 cm³/mol. The Kier molecular flexibility index (Phi) is 4.52. The van der Waals surface area contributed by atoms with E-state index in [1.807, 2.05) is 44.2 Å². The van der Waals surface area contributed by atoms with E-state index in [9.17, 15) is 0 Å². The lowest BCUT2D eigenvalue weighted by Crippen LogP contribution is -2.08. The molecule has 0 aliphatic carbocycles. The Bertz CT molecular complexity index is 770. The van der Waals surface area contributed by atoms with Crippen LogP contribution in [-0.2, 0) is 6.42 Å². The highest BCUT2D eigenvalue weighted by Gasteiger charge is 2.05. The van der Waals surface area contributed by atoms with Crippen LogP contribution in [0, 0.1) is 13.8 Å². The monoisotopic (exact) mass is 309 g/mol. The number of hydrogen-bond acceptors (Lipinski definition) is 6. The van der Waals surface area contributed by atoms with Crippen LogP contribution in [0.1, 0.15) is 17.1 Å². The van der Waals surface area contributed by atoms with Crippen LogP contribution in [0.15, 0.2) is 47.0 Å². The molecule has 6 heteroatoms. The Morgan fingerprint density at radius 2 is 1.74 bits per heavy atom. The molecule has 2 aromatic heterocycles. The summed E-state index contributed by atoms with van der Waals surface area (Å²) in [5, 5.41) is 10.4. The molecule has 0 spiro atoms. The Balaban J connectivity index is 1.63. The summed E-state index contributed by atoms with van der Waals surface area (Å²) in [4.78, 5) is 8.77. The van der Waals surface area contributed by atoms with Crippen molar-refractivity contribution in [2.45, 2.75) is 20.3 Å². The van der Waals surface area contributed by atoms with Gasteiger partial charge in [0.25, 0.3) is 0 Å². The topological polar surface area (TPSA) is 75.9 Å². The number of nitrogens with zero attached hydrogens (tertiary/aromatic N) is 3. The fraction of sp³-hybridized carbons (Fsp3) is 0.235. The first-order chi connectivity index (χ1) is 11.2. The van der Waals surface area contributed by atoms with Gasteiger partial charge in [-0.3, -0.25) is 0 Å². The van der Waals surface area contributed by atoms with Gasteiger partial charge in [0.05, 0.1) is 0 Å². The van der Waals surface area contributed by atoms with E-state index < -0.39 is 0 Å². The molecule has 0 bridgehead atoms. The Hall–Kier alpha value is -2.89. The van der Waals surface area contributed by atoms with Crippen LogP contribution in [-0.4, -0.2) is 21.7 Å². The third kappa shape index (κ3) is 4.29. The van der Waals surface area contributed by atoms with Gasteiger partial charge >= 0.3 is 0 Å². The molecule has 3 rings (SSSR count). The molecular formula is C17H19N5O. The number of anilines is 3. The second-order valence-corrected chi connectivity index (χ2v) is 5.30. The zero-order valence-corrected chi connectivity index (χ0v) is 13.2. The molecule has 6 nitrogen and oxygen atoms in total. The van der Waals surface area contributed by atoms with E-state index in [2.05, 4.69) is 37.9 Å². The van der Waals surface area contributed by atoms with Crippen molar-refractivity contribution in [3.63, 3.8) is 0 Å². The van der Waals surface area contributed by atoms with E-state index >= 15 is 0 Å². The van der Waals surface area contributed by atoms with Crippen LogP contribution in [0.4, 0.5) is 17.5 Å². The summed E-state index contributed by atoms with van der Waals surface area (Å²) in [6.07, 6.45) is 0.940. The molecule has 0 amide bonds. The Labute approximate surface area is 135 Å². The third-order valence-corrected chi connectivity index (χ3v) is 3.28. The molecule has 0 unspecified atom stereocenters. The van der Waals surface area contributed by atoms with E-state index in [0.717, 1.165) is 24.5 Å². The van der Waals surface area contributed by atoms with Crippen LogP contribution in [0.5, 0.6) is 0 Å². The highest BCUT2D eigenvalue weighted by atomic mass is 16.5. The van der Waals surface area contributed by atoms with Crippen molar-refractivity contribution in [1.82, 2.24) is 15.1 Å². The lowest BCUT2D eigenvalue weighted by Gasteiger charge is -2.09. The molecule has 0 radical (unpaired) electrons. The third-order valence-electron chi connectivity index (χ3n) is 3.28. The van der Waals surface area contributed by atoms with Crippen molar-refractivity contribution in [3.8, 4) is 0 Å². The van der Waals surface area contributed by atoms with E-state index in [-0.39, 0.29) is 0 Å². The number of aryl methyl sites for hydroxylation is 2. The van der Waals surface area contributed by atoms with Gasteiger partial charge in [0.2, 0.25) is 0 Å². The highest BCUT2D eigenvalue weighted by Crippen LogP contribution is 2.17. The molecule has 0 aliphatic rings. The maximum Gasteiger partial charge on any atom is 0.175 e. The molecule has 0 fully saturated rings. The lowest BCUT2D eigenvalue weighted by atomic mass is 10.1. The maximum absolute atomic E-state index is 5.04. The summed E-state index contributed by atoms with van der Waals surface area (Å²) in [5.41, 5.74) is 1.29. The Morgan fingerprint density at radius 3 is 2.48 bits per heavy atom. The first-order valence-corrected chi connectivity index (χ1v) is 7.53. The molecular weight excluding hydrogens is 290 g/mol. The van der Waals surface area contributed by atoms with Gasteiger partial charge in [-0.05, 0) is 25.8 Å². The van der Waals surface area contributed by atoms with Gasteiger partial charge in [-0.15, -0.1) is 0 Å². The van der Waals surface area contributed by atoms with Gasteiger partial charge in [-0.2, -0.15) is 0 Å². The average Bonchev–Trinajstić information content (AvgIpc) is 2.93. The average molecular weight is 309 g/mol. The largest absolute Gasteiger partial charge is 0.370 e. The predicted octanol–water partition coefficient (Wildman–Crippen LogP) is 3.48. The van der Waals surface area contributed by atoms with E-state index in [1.54, 1.807) is 0 Å². The van der Waals surface area contributed by atoms with Crippen molar-refractivity contribution < 1.29 is 4.52 Å². The minimum absolute atomic E-state index is 0.635. The van der Waals surface area contributed by atoms with E-state index in [1.165, 1.54) is 5.56 Å². The molecule has 0 saturated carbocycles. The molecule has 0 atom stereocenters. The molecule has 3 aromatic rings. The zero-order valence-electron chi connectivity index (χ0n) is 13.2. The number of benzene rings is 1. The second-order valence-electron chi connectivity index (χ2n) is 5.30. The molecule has 118 valence electrons. The number of nitrogens with one attached hydrogen (secondary N) is 2.